The van der Waals surface area contributed by atoms with Crippen molar-refractivity contribution in [3.63, 3.8) is 0 Å². The molecule has 0 saturated heterocycles. The molecule has 0 aliphatic rings. The van der Waals surface area contributed by atoms with Crippen LogP contribution in [0.3, 0.4) is 0 Å². The minimum atomic E-state index is -3.77. The number of carbonyl (C=O) groups is 1. The van der Waals surface area contributed by atoms with E-state index in [2.05, 4.69) is 20.7 Å². The maximum Gasteiger partial charge on any atom is 0.348 e. The molecule has 1 aromatic heterocycles. The van der Waals surface area contributed by atoms with Crippen LogP contribution in [0.5, 0.6) is 0 Å². The van der Waals surface area contributed by atoms with Crippen molar-refractivity contribution in [2.75, 3.05) is 12.8 Å². The Balaban J connectivity index is 2.55. The number of halogens is 1. The number of nitrogen functional groups attached to an aromatic ring is 1. The summed E-state index contributed by atoms with van der Waals surface area (Å²) in [5.41, 5.74) is 5.72. The summed E-state index contributed by atoms with van der Waals surface area (Å²) in [6, 6.07) is 7.51. The number of hydrogen-bond donors (Lipinski definition) is 1. The van der Waals surface area contributed by atoms with Crippen LogP contribution in [0.2, 0.25) is 0 Å². The first-order valence-electron chi connectivity index (χ1n) is 5.34. The number of anilines is 1. The van der Waals surface area contributed by atoms with Crippen LogP contribution in [-0.2, 0) is 14.6 Å². The van der Waals surface area contributed by atoms with E-state index >= 15 is 0 Å². The molecule has 0 atom stereocenters. The van der Waals surface area contributed by atoms with Gasteiger partial charge in [-0.3, -0.25) is 0 Å². The molecule has 0 radical (unpaired) electrons. The van der Waals surface area contributed by atoms with Crippen molar-refractivity contribution in [2.45, 2.75) is 9.79 Å². The highest BCUT2D eigenvalue weighted by atomic mass is 79.9. The van der Waals surface area contributed by atoms with E-state index in [4.69, 9.17) is 5.73 Å². The molecule has 0 saturated carbocycles. The van der Waals surface area contributed by atoms with E-state index in [-0.39, 0.29) is 19.7 Å². The fraction of sp³-hybridized carbons (Fsp3) is 0.0833. The van der Waals surface area contributed by atoms with E-state index in [1.165, 1.54) is 25.3 Å². The molecule has 106 valence electrons. The van der Waals surface area contributed by atoms with Crippen LogP contribution in [-0.4, -0.2) is 21.5 Å². The van der Waals surface area contributed by atoms with Gasteiger partial charge in [-0.05, 0) is 24.3 Å². The maximum atomic E-state index is 12.5. The van der Waals surface area contributed by atoms with E-state index in [1.807, 2.05) is 0 Å². The summed E-state index contributed by atoms with van der Waals surface area (Å²) in [6.07, 6.45) is 0. The Bertz CT molecular complexity index is 768. The minimum absolute atomic E-state index is 0.0605. The fourth-order valence-electron chi connectivity index (χ4n) is 1.56. The second-order valence-electron chi connectivity index (χ2n) is 3.79. The largest absolute Gasteiger partial charge is 0.465 e. The van der Waals surface area contributed by atoms with Crippen LogP contribution < -0.4 is 5.73 Å². The van der Waals surface area contributed by atoms with Crippen LogP contribution >= 0.6 is 27.3 Å². The number of nitrogens with two attached hydrogens (primary N) is 1. The summed E-state index contributed by atoms with van der Waals surface area (Å²) in [5, 5.41) is 0.0605. The molecule has 2 N–H and O–H groups in total. The van der Waals surface area contributed by atoms with Gasteiger partial charge in [0, 0.05) is 4.47 Å². The van der Waals surface area contributed by atoms with Crippen molar-refractivity contribution >= 4 is 48.1 Å². The number of ether oxygens (including phenoxy) is 1. The van der Waals surface area contributed by atoms with E-state index < -0.39 is 15.8 Å². The molecule has 0 fully saturated rings. The van der Waals surface area contributed by atoms with Crippen molar-refractivity contribution in [1.29, 1.82) is 0 Å². The quantitative estimate of drug-likeness (QED) is 0.833. The van der Waals surface area contributed by atoms with Crippen molar-refractivity contribution in [3.8, 4) is 0 Å². The summed E-state index contributed by atoms with van der Waals surface area (Å²) in [4.78, 5) is 11.6. The topological polar surface area (TPSA) is 86.5 Å². The van der Waals surface area contributed by atoms with Crippen LogP contribution in [0.1, 0.15) is 9.67 Å². The van der Waals surface area contributed by atoms with Crippen LogP contribution in [0.15, 0.2) is 44.6 Å². The Labute approximate surface area is 128 Å². The van der Waals surface area contributed by atoms with Gasteiger partial charge in [-0.15, -0.1) is 11.3 Å². The number of benzene rings is 1. The molecule has 0 amide bonds. The van der Waals surface area contributed by atoms with Crippen molar-refractivity contribution in [2.24, 2.45) is 0 Å². The lowest BCUT2D eigenvalue weighted by Crippen LogP contribution is -2.03. The molecular formula is C12H10BrNO4S2. The van der Waals surface area contributed by atoms with Gasteiger partial charge in [0.05, 0.1) is 12.0 Å². The summed E-state index contributed by atoms with van der Waals surface area (Å²) >= 11 is 4.10. The molecule has 1 heterocycles. The molecule has 20 heavy (non-hydrogen) atoms. The zero-order chi connectivity index (χ0) is 14.9. The average molecular weight is 376 g/mol. The lowest BCUT2D eigenvalue weighted by Gasteiger charge is -2.03. The third-order valence-electron chi connectivity index (χ3n) is 2.51. The van der Waals surface area contributed by atoms with E-state index in [0.717, 1.165) is 11.3 Å². The fourth-order valence-corrected chi connectivity index (χ4v) is 4.71. The van der Waals surface area contributed by atoms with Crippen LogP contribution in [0, 0.1) is 0 Å². The molecule has 0 aliphatic heterocycles. The molecule has 0 aliphatic carbocycles. The van der Waals surface area contributed by atoms with Gasteiger partial charge in [-0.25, -0.2) is 13.2 Å². The lowest BCUT2D eigenvalue weighted by atomic mass is 10.4. The number of carbonyl (C=O) groups excluding carboxylic acids is 1. The monoisotopic (exact) mass is 375 g/mol. The van der Waals surface area contributed by atoms with Crippen molar-refractivity contribution < 1.29 is 17.9 Å². The zero-order valence-electron chi connectivity index (χ0n) is 10.3. The third kappa shape index (κ3) is 2.72. The van der Waals surface area contributed by atoms with Crippen molar-refractivity contribution in [1.82, 2.24) is 0 Å². The Kier molecular flexibility index (Phi) is 4.17. The maximum absolute atomic E-state index is 12.5. The Hall–Kier alpha value is -1.38. The van der Waals surface area contributed by atoms with Crippen LogP contribution in [0.25, 0.3) is 0 Å². The highest BCUT2D eigenvalue weighted by Crippen LogP contribution is 2.34. The normalized spacial score (nSPS) is 11.3. The first kappa shape index (κ1) is 15.0. The minimum Gasteiger partial charge on any atom is -0.465 e. The predicted molar refractivity (Wildman–Crippen MR) is 79.7 cm³/mol. The van der Waals surface area contributed by atoms with E-state index in [0.29, 0.717) is 4.47 Å². The SMILES string of the molecule is COC(=O)c1cc(S(=O)(=O)c2cccc(Br)c2)c(N)s1. The second-order valence-corrected chi connectivity index (χ2v) is 7.71. The molecule has 8 heteroatoms. The number of thiophene rings is 1. The van der Waals surface area contributed by atoms with E-state index in [9.17, 15) is 13.2 Å². The summed E-state index contributed by atoms with van der Waals surface area (Å²) in [7, 11) is -2.54. The van der Waals surface area contributed by atoms with Crippen molar-refractivity contribution in [3.05, 3.63) is 39.7 Å². The van der Waals surface area contributed by atoms with Gasteiger partial charge >= 0.3 is 5.97 Å². The zero-order valence-corrected chi connectivity index (χ0v) is 13.5. The Morgan fingerprint density at radius 1 is 1.35 bits per heavy atom. The van der Waals surface area contributed by atoms with E-state index in [1.54, 1.807) is 12.1 Å². The Morgan fingerprint density at radius 2 is 2.05 bits per heavy atom. The number of hydrogen-bond acceptors (Lipinski definition) is 6. The standard InChI is InChI=1S/C12H10BrNO4S2/c1-18-12(15)9-6-10(11(14)19-9)20(16,17)8-4-2-3-7(13)5-8/h2-6H,14H2,1H3. The number of rotatable bonds is 3. The Morgan fingerprint density at radius 3 is 2.65 bits per heavy atom. The molecule has 0 unspecified atom stereocenters. The average Bonchev–Trinajstić information content (AvgIpc) is 2.80. The summed E-state index contributed by atoms with van der Waals surface area (Å²) in [5.74, 6) is -0.614. The highest BCUT2D eigenvalue weighted by Gasteiger charge is 2.25. The summed E-state index contributed by atoms with van der Waals surface area (Å²) < 4.78 is 30.2. The first-order chi connectivity index (χ1) is 9.36. The number of esters is 1. The first-order valence-corrected chi connectivity index (χ1v) is 8.44. The van der Waals surface area contributed by atoms with Gasteiger partial charge in [0.2, 0.25) is 9.84 Å². The van der Waals surface area contributed by atoms with Gasteiger partial charge in [0.25, 0.3) is 0 Å². The second kappa shape index (κ2) is 5.55. The predicted octanol–water partition coefficient (Wildman–Crippen LogP) is 2.71. The van der Waals surface area contributed by atoms with Gasteiger partial charge in [0.15, 0.2) is 0 Å². The molecule has 0 bridgehead atoms. The molecule has 2 aromatic rings. The van der Waals surface area contributed by atoms with Gasteiger partial charge in [-0.1, -0.05) is 22.0 Å². The van der Waals surface area contributed by atoms with Gasteiger partial charge in [0.1, 0.15) is 14.8 Å². The highest BCUT2D eigenvalue weighted by molar-refractivity contribution is 9.10. The molecule has 5 nitrogen and oxygen atoms in total. The molecule has 1 aromatic carbocycles. The van der Waals surface area contributed by atoms with Gasteiger partial charge in [-0.2, -0.15) is 0 Å². The molecular weight excluding hydrogens is 366 g/mol. The number of sulfone groups is 1. The molecule has 0 spiro atoms. The summed E-state index contributed by atoms with van der Waals surface area (Å²) in [6.45, 7) is 0. The van der Waals surface area contributed by atoms with Crippen LogP contribution in [0.4, 0.5) is 5.00 Å². The number of methoxy groups -OCH3 is 1. The smallest absolute Gasteiger partial charge is 0.348 e. The lowest BCUT2D eigenvalue weighted by molar-refractivity contribution is 0.0606. The van der Waals surface area contributed by atoms with Gasteiger partial charge < -0.3 is 10.5 Å². The molecule has 2 rings (SSSR count). The third-order valence-corrected chi connectivity index (χ3v) is 5.87.